The molecule has 1 aliphatic heterocycles. The summed E-state index contributed by atoms with van der Waals surface area (Å²) in [7, 11) is 0. The second kappa shape index (κ2) is 11.8. The Labute approximate surface area is 224 Å². The number of rotatable bonds is 11. The molecule has 3 aromatic carbocycles. The molecule has 0 fully saturated rings. The molecule has 0 radical (unpaired) electrons. The molecular weight excluding hydrogens is 481 g/mol. The van der Waals surface area contributed by atoms with Gasteiger partial charge in [0.1, 0.15) is 23.7 Å². The molecular formula is C32H36FNO4. The van der Waals surface area contributed by atoms with Crippen LogP contribution in [0, 0.1) is 5.82 Å². The fourth-order valence-corrected chi connectivity index (χ4v) is 5.10. The lowest BCUT2D eigenvalue weighted by Gasteiger charge is -2.24. The molecule has 4 rings (SSSR count). The van der Waals surface area contributed by atoms with Gasteiger partial charge in [-0.25, -0.2) is 4.39 Å². The number of nitrogens with zero attached hydrogens (tertiary/aromatic N) is 1. The molecule has 0 saturated carbocycles. The molecule has 0 bridgehead atoms. The predicted molar refractivity (Wildman–Crippen MR) is 146 cm³/mol. The van der Waals surface area contributed by atoms with Gasteiger partial charge < -0.3 is 14.7 Å². The van der Waals surface area contributed by atoms with Gasteiger partial charge in [0.2, 0.25) is 5.91 Å². The van der Waals surface area contributed by atoms with Crippen LogP contribution in [0.3, 0.4) is 0 Å². The van der Waals surface area contributed by atoms with Crippen LogP contribution in [-0.4, -0.2) is 40.6 Å². The molecule has 0 saturated heterocycles. The summed E-state index contributed by atoms with van der Waals surface area (Å²) in [6, 6.07) is 21.1. The van der Waals surface area contributed by atoms with Gasteiger partial charge in [-0.3, -0.25) is 9.59 Å². The number of hydrogen-bond donors (Lipinski definition) is 1. The Kier molecular flexibility index (Phi) is 8.50. The van der Waals surface area contributed by atoms with Crippen LogP contribution < -0.4 is 4.74 Å². The van der Waals surface area contributed by atoms with Gasteiger partial charge in [0, 0.05) is 25.8 Å². The first-order chi connectivity index (χ1) is 18.1. The van der Waals surface area contributed by atoms with E-state index in [0.717, 1.165) is 29.7 Å². The smallest absolute Gasteiger partial charge is 0.323 e. The molecule has 38 heavy (non-hydrogen) atoms. The molecule has 1 N–H and O–H groups in total. The van der Waals surface area contributed by atoms with E-state index >= 15 is 0 Å². The molecule has 0 aromatic heterocycles. The van der Waals surface area contributed by atoms with Gasteiger partial charge in [-0.15, -0.1) is 0 Å². The third kappa shape index (κ3) is 7.00. The molecule has 6 heteroatoms. The average molecular weight is 518 g/mol. The van der Waals surface area contributed by atoms with Crippen LogP contribution in [0.2, 0.25) is 0 Å². The Bertz CT molecular complexity index is 1290. The Morgan fingerprint density at radius 2 is 1.74 bits per heavy atom. The van der Waals surface area contributed by atoms with Crippen molar-refractivity contribution in [2.45, 2.75) is 64.4 Å². The van der Waals surface area contributed by atoms with E-state index in [-0.39, 0.29) is 36.7 Å². The fourth-order valence-electron chi connectivity index (χ4n) is 5.10. The van der Waals surface area contributed by atoms with E-state index < -0.39 is 12.5 Å². The van der Waals surface area contributed by atoms with E-state index in [1.54, 1.807) is 18.2 Å². The minimum atomic E-state index is -1.08. The number of carboxylic acid groups (broad SMARTS) is 1. The SMILES string of the molecule is CC(C)c1ccc(C[C@@]2(C)Cc3cc(CCC(=O)N(CCc4ccccc4F)CC(=O)O)ccc3O2)cc1. The zero-order valence-corrected chi connectivity index (χ0v) is 22.4. The number of carbonyl (C=O) groups excluding carboxylic acids is 1. The summed E-state index contributed by atoms with van der Waals surface area (Å²) in [5, 5.41) is 9.29. The molecule has 5 nitrogen and oxygen atoms in total. The number of benzene rings is 3. The lowest BCUT2D eigenvalue weighted by atomic mass is 9.90. The van der Waals surface area contributed by atoms with Gasteiger partial charge in [-0.05, 0) is 65.6 Å². The zero-order valence-electron chi connectivity index (χ0n) is 22.4. The van der Waals surface area contributed by atoms with Crippen molar-refractivity contribution in [2.24, 2.45) is 0 Å². The van der Waals surface area contributed by atoms with Crippen molar-refractivity contribution < 1.29 is 23.8 Å². The van der Waals surface area contributed by atoms with Crippen molar-refractivity contribution in [3.05, 3.63) is 100 Å². The van der Waals surface area contributed by atoms with Crippen molar-refractivity contribution in [2.75, 3.05) is 13.1 Å². The molecule has 1 atom stereocenters. The number of amides is 1. The lowest BCUT2D eigenvalue weighted by molar-refractivity contribution is -0.144. The maximum Gasteiger partial charge on any atom is 0.323 e. The second-order valence-electron chi connectivity index (χ2n) is 10.8. The van der Waals surface area contributed by atoms with Gasteiger partial charge in [-0.1, -0.05) is 68.4 Å². The Morgan fingerprint density at radius 3 is 2.42 bits per heavy atom. The highest BCUT2D eigenvalue weighted by atomic mass is 19.1. The first kappa shape index (κ1) is 27.4. The van der Waals surface area contributed by atoms with Crippen molar-refractivity contribution in [3.8, 4) is 5.75 Å². The van der Waals surface area contributed by atoms with Crippen molar-refractivity contribution in [1.29, 1.82) is 0 Å². The van der Waals surface area contributed by atoms with Crippen LogP contribution in [0.4, 0.5) is 4.39 Å². The quantitative estimate of drug-likeness (QED) is 0.340. The molecule has 1 amide bonds. The van der Waals surface area contributed by atoms with Gasteiger partial charge >= 0.3 is 5.97 Å². The number of fused-ring (bicyclic) bond motifs is 1. The van der Waals surface area contributed by atoms with E-state index in [2.05, 4.69) is 51.1 Å². The first-order valence-electron chi connectivity index (χ1n) is 13.2. The highest BCUT2D eigenvalue weighted by molar-refractivity contribution is 5.81. The van der Waals surface area contributed by atoms with Gasteiger partial charge in [0.25, 0.3) is 0 Å². The summed E-state index contributed by atoms with van der Waals surface area (Å²) in [6.45, 7) is 6.26. The van der Waals surface area contributed by atoms with Crippen LogP contribution in [-0.2, 0) is 35.3 Å². The summed E-state index contributed by atoms with van der Waals surface area (Å²) >= 11 is 0. The lowest BCUT2D eigenvalue weighted by Crippen LogP contribution is -2.37. The van der Waals surface area contributed by atoms with Crippen molar-refractivity contribution in [1.82, 2.24) is 4.90 Å². The van der Waals surface area contributed by atoms with Crippen molar-refractivity contribution in [3.63, 3.8) is 0 Å². The first-order valence-corrected chi connectivity index (χ1v) is 13.2. The summed E-state index contributed by atoms with van der Waals surface area (Å²) in [6.07, 6.45) is 2.53. The molecule has 0 unspecified atom stereocenters. The number of ether oxygens (including phenoxy) is 1. The number of halogens is 1. The molecule has 1 aliphatic rings. The molecule has 0 spiro atoms. The average Bonchev–Trinajstić information content (AvgIpc) is 3.20. The second-order valence-corrected chi connectivity index (χ2v) is 10.8. The minimum absolute atomic E-state index is 0.153. The molecule has 1 heterocycles. The van der Waals surface area contributed by atoms with Gasteiger partial charge in [0.15, 0.2) is 0 Å². The summed E-state index contributed by atoms with van der Waals surface area (Å²) < 4.78 is 20.3. The van der Waals surface area contributed by atoms with E-state index in [4.69, 9.17) is 4.74 Å². The predicted octanol–water partition coefficient (Wildman–Crippen LogP) is 5.97. The third-order valence-electron chi connectivity index (χ3n) is 7.19. The van der Waals surface area contributed by atoms with Crippen LogP contribution in [0.25, 0.3) is 0 Å². The van der Waals surface area contributed by atoms with Crippen LogP contribution >= 0.6 is 0 Å². The van der Waals surface area contributed by atoms with E-state index in [1.165, 1.54) is 22.1 Å². The minimum Gasteiger partial charge on any atom is -0.487 e. The Morgan fingerprint density at radius 1 is 1.03 bits per heavy atom. The fraction of sp³-hybridized carbons (Fsp3) is 0.375. The van der Waals surface area contributed by atoms with E-state index in [1.807, 2.05) is 12.1 Å². The van der Waals surface area contributed by atoms with Crippen LogP contribution in [0.1, 0.15) is 60.9 Å². The Balaban J connectivity index is 1.35. The summed E-state index contributed by atoms with van der Waals surface area (Å²) in [4.78, 5) is 25.6. The largest absolute Gasteiger partial charge is 0.487 e. The van der Waals surface area contributed by atoms with Crippen molar-refractivity contribution >= 4 is 11.9 Å². The molecule has 0 aliphatic carbocycles. The maximum absolute atomic E-state index is 14.0. The van der Waals surface area contributed by atoms with Crippen LogP contribution in [0.15, 0.2) is 66.7 Å². The molecule has 200 valence electrons. The summed E-state index contributed by atoms with van der Waals surface area (Å²) in [5.74, 6) is -0.316. The number of aliphatic carboxylic acids is 1. The number of carbonyl (C=O) groups is 2. The monoisotopic (exact) mass is 517 g/mol. The highest BCUT2D eigenvalue weighted by Gasteiger charge is 2.35. The highest BCUT2D eigenvalue weighted by Crippen LogP contribution is 2.37. The summed E-state index contributed by atoms with van der Waals surface area (Å²) in [5.41, 5.74) is 4.83. The number of hydrogen-bond acceptors (Lipinski definition) is 3. The topological polar surface area (TPSA) is 66.8 Å². The van der Waals surface area contributed by atoms with E-state index in [0.29, 0.717) is 17.9 Å². The zero-order chi connectivity index (χ0) is 27.3. The third-order valence-corrected chi connectivity index (χ3v) is 7.19. The van der Waals surface area contributed by atoms with Gasteiger partial charge in [-0.2, -0.15) is 0 Å². The standard InChI is InChI=1S/C32H36FNO4/c1-22(2)25-12-8-24(9-13-25)19-32(3)20-27-18-23(10-14-29(27)38-32)11-15-30(35)34(21-31(36)37)17-16-26-6-4-5-7-28(26)33/h4-10,12-14,18,22H,11,15-17,19-21H2,1-3H3,(H,36,37)/t32-/m0/s1. The van der Waals surface area contributed by atoms with Crippen LogP contribution in [0.5, 0.6) is 5.75 Å². The normalized spacial score (nSPS) is 16.2. The number of carboxylic acids is 1. The van der Waals surface area contributed by atoms with Gasteiger partial charge in [0.05, 0.1) is 0 Å². The molecule has 3 aromatic rings. The Hall–Kier alpha value is -3.67. The maximum atomic E-state index is 14.0. The van der Waals surface area contributed by atoms with E-state index in [9.17, 15) is 19.1 Å². The number of aryl methyl sites for hydroxylation is 1.